The fourth-order valence-electron chi connectivity index (χ4n) is 3.13. The predicted molar refractivity (Wildman–Crippen MR) is 94.8 cm³/mol. The first-order valence-electron chi connectivity index (χ1n) is 8.36. The predicted octanol–water partition coefficient (Wildman–Crippen LogP) is 2.22. The van der Waals surface area contributed by atoms with E-state index in [1.54, 1.807) is 18.2 Å². The van der Waals surface area contributed by atoms with Crippen LogP contribution in [0.5, 0.6) is 11.5 Å². The van der Waals surface area contributed by atoms with Crippen LogP contribution in [-0.2, 0) is 10.0 Å². The lowest BCUT2D eigenvalue weighted by molar-refractivity contribution is 0.111. The number of sulfonamides is 1. The number of phenolic OH excluding ortho intramolecular Hbond substituents is 1. The average molecular weight is 376 g/mol. The van der Waals surface area contributed by atoms with E-state index in [9.17, 15) is 18.3 Å². The number of carbonyl (C=O) groups is 1. The summed E-state index contributed by atoms with van der Waals surface area (Å²) in [7, 11) is -3.58. The number of hydrogen-bond acceptors (Lipinski definition) is 6. The standard InChI is InChI=1S/C18H20N2O5S/c21-13-16-17(22)6-1-7-18(16)25-11-8-14-4-3-10-20(14)26(23,24)15-5-2-9-19-12-15/h1-2,5-7,9,12-14,22H,3-4,8,10-11H2/t14-/m0/s1. The van der Waals surface area contributed by atoms with Crippen LogP contribution in [0.3, 0.4) is 0 Å². The van der Waals surface area contributed by atoms with E-state index in [-0.39, 0.29) is 28.9 Å². The van der Waals surface area contributed by atoms with E-state index in [0.717, 1.165) is 12.8 Å². The van der Waals surface area contributed by atoms with Crippen LogP contribution >= 0.6 is 0 Å². The van der Waals surface area contributed by atoms with E-state index in [1.807, 2.05) is 0 Å². The Labute approximate surface area is 152 Å². The lowest BCUT2D eigenvalue weighted by Crippen LogP contribution is -2.36. The monoisotopic (exact) mass is 376 g/mol. The summed E-state index contributed by atoms with van der Waals surface area (Å²) in [5.41, 5.74) is 0.0961. The van der Waals surface area contributed by atoms with Crippen LogP contribution < -0.4 is 4.74 Å². The molecule has 1 N–H and O–H groups in total. The van der Waals surface area contributed by atoms with Gasteiger partial charge in [0.25, 0.3) is 0 Å². The van der Waals surface area contributed by atoms with Crippen molar-refractivity contribution in [3.05, 3.63) is 48.3 Å². The van der Waals surface area contributed by atoms with Crippen molar-refractivity contribution >= 4 is 16.3 Å². The van der Waals surface area contributed by atoms with Crippen molar-refractivity contribution < 1.29 is 23.1 Å². The highest BCUT2D eigenvalue weighted by Crippen LogP contribution is 2.29. The van der Waals surface area contributed by atoms with Gasteiger partial charge in [-0.2, -0.15) is 4.31 Å². The summed E-state index contributed by atoms with van der Waals surface area (Å²) in [5.74, 6) is 0.152. The van der Waals surface area contributed by atoms with Gasteiger partial charge in [0.15, 0.2) is 6.29 Å². The maximum absolute atomic E-state index is 12.8. The molecule has 1 aromatic heterocycles. The topological polar surface area (TPSA) is 96.8 Å². The van der Waals surface area contributed by atoms with Crippen LogP contribution in [0, 0.1) is 0 Å². The van der Waals surface area contributed by atoms with Crippen molar-refractivity contribution in [3.8, 4) is 11.5 Å². The summed E-state index contributed by atoms with van der Waals surface area (Å²) < 4.78 is 32.7. The number of benzene rings is 1. The molecule has 0 unspecified atom stereocenters. The minimum Gasteiger partial charge on any atom is -0.507 e. The molecule has 3 rings (SSSR count). The van der Waals surface area contributed by atoms with Gasteiger partial charge in [-0.05, 0) is 43.5 Å². The van der Waals surface area contributed by atoms with E-state index in [4.69, 9.17) is 4.74 Å². The van der Waals surface area contributed by atoms with Crippen molar-refractivity contribution in [2.24, 2.45) is 0 Å². The molecule has 2 heterocycles. The molecule has 2 aromatic rings. The van der Waals surface area contributed by atoms with Gasteiger partial charge in [-0.25, -0.2) is 8.42 Å². The highest BCUT2D eigenvalue weighted by molar-refractivity contribution is 7.89. The number of aromatic nitrogens is 1. The summed E-state index contributed by atoms with van der Waals surface area (Å²) in [5, 5.41) is 9.67. The zero-order valence-corrected chi connectivity index (χ0v) is 14.9. The maximum atomic E-state index is 12.8. The Balaban J connectivity index is 1.67. The van der Waals surface area contributed by atoms with Crippen LogP contribution in [0.1, 0.15) is 29.6 Å². The quantitative estimate of drug-likeness (QED) is 0.744. The molecule has 1 atom stereocenters. The number of aromatic hydroxyl groups is 1. The van der Waals surface area contributed by atoms with Gasteiger partial charge in [0.1, 0.15) is 16.4 Å². The van der Waals surface area contributed by atoms with Crippen LogP contribution in [-0.4, -0.2) is 48.3 Å². The van der Waals surface area contributed by atoms with Gasteiger partial charge in [0.2, 0.25) is 10.0 Å². The Morgan fingerprint density at radius 1 is 1.31 bits per heavy atom. The molecule has 26 heavy (non-hydrogen) atoms. The number of pyridine rings is 1. The SMILES string of the molecule is O=Cc1c(O)cccc1OCC[C@@H]1CCCN1S(=O)(=O)c1cccnc1. The van der Waals surface area contributed by atoms with Crippen LogP contribution in [0.25, 0.3) is 0 Å². The zero-order valence-electron chi connectivity index (χ0n) is 14.1. The number of phenols is 1. The normalized spacial score (nSPS) is 17.9. The van der Waals surface area contributed by atoms with Crippen molar-refractivity contribution in [3.63, 3.8) is 0 Å². The number of nitrogens with zero attached hydrogens (tertiary/aromatic N) is 2. The van der Waals surface area contributed by atoms with Gasteiger partial charge in [0, 0.05) is 25.0 Å². The maximum Gasteiger partial charge on any atom is 0.244 e. The van der Waals surface area contributed by atoms with E-state index >= 15 is 0 Å². The number of carbonyl (C=O) groups excluding carboxylic acids is 1. The van der Waals surface area contributed by atoms with Crippen LogP contribution in [0.15, 0.2) is 47.6 Å². The minimum atomic E-state index is -3.58. The van der Waals surface area contributed by atoms with Gasteiger partial charge in [-0.3, -0.25) is 9.78 Å². The van der Waals surface area contributed by atoms with Gasteiger partial charge in [0.05, 0.1) is 12.2 Å². The lowest BCUT2D eigenvalue weighted by atomic mass is 10.1. The molecule has 1 aliphatic heterocycles. The van der Waals surface area contributed by atoms with Gasteiger partial charge in [-0.15, -0.1) is 0 Å². The Morgan fingerprint density at radius 3 is 2.88 bits per heavy atom. The van der Waals surface area contributed by atoms with Crippen molar-refractivity contribution in [2.75, 3.05) is 13.2 Å². The highest BCUT2D eigenvalue weighted by atomic mass is 32.2. The molecule has 0 saturated carbocycles. The smallest absolute Gasteiger partial charge is 0.244 e. The van der Waals surface area contributed by atoms with E-state index in [0.29, 0.717) is 25.0 Å². The van der Waals surface area contributed by atoms with Crippen molar-refractivity contribution in [1.82, 2.24) is 9.29 Å². The Bertz CT molecular complexity index is 870. The summed E-state index contributed by atoms with van der Waals surface area (Å²) in [6, 6.07) is 7.57. The summed E-state index contributed by atoms with van der Waals surface area (Å²) in [6.45, 7) is 0.710. The first-order valence-corrected chi connectivity index (χ1v) is 9.80. The molecule has 0 radical (unpaired) electrons. The largest absolute Gasteiger partial charge is 0.507 e. The first kappa shape index (κ1) is 18.3. The second kappa shape index (κ2) is 7.84. The molecule has 1 aliphatic rings. The molecule has 0 spiro atoms. The van der Waals surface area contributed by atoms with Crippen LogP contribution in [0.4, 0.5) is 0 Å². The van der Waals surface area contributed by atoms with E-state index in [1.165, 1.54) is 28.8 Å². The fourth-order valence-corrected chi connectivity index (χ4v) is 4.82. The molecule has 0 bridgehead atoms. The molecule has 0 amide bonds. The van der Waals surface area contributed by atoms with Crippen molar-refractivity contribution in [2.45, 2.75) is 30.2 Å². The first-order chi connectivity index (χ1) is 12.5. The third-order valence-corrected chi connectivity index (χ3v) is 6.37. The summed E-state index contributed by atoms with van der Waals surface area (Å²) >= 11 is 0. The third kappa shape index (κ3) is 3.71. The molecule has 1 aromatic carbocycles. The van der Waals surface area contributed by atoms with Gasteiger partial charge in [-0.1, -0.05) is 6.07 Å². The number of aldehydes is 1. The molecule has 0 aliphatic carbocycles. The summed E-state index contributed by atoms with van der Waals surface area (Å²) in [6.07, 6.45) is 5.46. The molecule has 7 nitrogen and oxygen atoms in total. The van der Waals surface area contributed by atoms with Gasteiger partial charge >= 0.3 is 0 Å². The van der Waals surface area contributed by atoms with Crippen LogP contribution in [0.2, 0.25) is 0 Å². The number of rotatable bonds is 7. The Kier molecular flexibility index (Phi) is 5.53. The third-order valence-electron chi connectivity index (χ3n) is 4.43. The Hall–Kier alpha value is -2.45. The molecule has 8 heteroatoms. The zero-order chi connectivity index (χ0) is 18.6. The molecule has 1 fully saturated rings. The highest BCUT2D eigenvalue weighted by Gasteiger charge is 2.35. The second-order valence-electron chi connectivity index (χ2n) is 6.04. The lowest BCUT2D eigenvalue weighted by Gasteiger charge is -2.24. The fraction of sp³-hybridized carbons (Fsp3) is 0.333. The summed E-state index contributed by atoms with van der Waals surface area (Å²) in [4.78, 5) is 15.1. The second-order valence-corrected chi connectivity index (χ2v) is 7.94. The molecule has 1 saturated heterocycles. The molecule has 138 valence electrons. The molecular weight excluding hydrogens is 356 g/mol. The van der Waals surface area contributed by atoms with Crippen molar-refractivity contribution in [1.29, 1.82) is 0 Å². The van der Waals surface area contributed by atoms with E-state index in [2.05, 4.69) is 4.98 Å². The number of hydrogen-bond donors (Lipinski definition) is 1. The van der Waals surface area contributed by atoms with E-state index < -0.39 is 10.0 Å². The number of ether oxygens (including phenoxy) is 1. The Morgan fingerprint density at radius 2 is 2.15 bits per heavy atom. The van der Waals surface area contributed by atoms with Gasteiger partial charge < -0.3 is 9.84 Å². The average Bonchev–Trinajstić information content (AvgIpc) is 3.12. The molecular formula is C18H20N2O5S. The minimum absolute atomic E-state index is 0.0961.